The second kappa shape index (κ2) is 16.9. The van der Waals surface area contributed by atoms with Crippen molar-refractivity contribution in [2.75, 3.05) is 57.3 Å². The number of piperazine rings is 2. The second-order valence-electron chi connectivity index (χ2n) is 12.2. The summed E-state index contributed by atoms with van der Waals surface area (Å²) < 4.78 is 37.5. The minimum atomic E-state index is -0.519. The fourth-order valence-corrected chi connectivity index (χ4v) is 4.35. The van der Waals surface area contributed by atoms with Crippen molar-refractivity contribution < 1.29 is 29.3 Å². The Morgan fingerprint density at radius 3 is 1.64 bits per heavy atom. The number of carbonyl (C=O) groups excluding carboxylic acids is 2. The maximum atomic E-state index is 13.7. The highest BCUT2D eigenvalue weighted by molar-refractivity contribution is 9.10. The van der Waals surface area contributed by atoms with Crippen molar-refractivity contribution in [3.8, 4) is 12.1 Å². The molecule has 2 aliphatic heterocycles. The summed E-state index contributed by atoms with van der Waals surface area (Å²) in [5, 5.41) is 20.2. The average molecular weight is 694 g/mol. The maximum absolute atomic E-state index is 13.7. The third-order valence-corrected chi connectivity index (χ3v) is 6.68. The number of anilines is 1. The highest BCUT2D eigenvalue weighted by atomic mass is 79.9. The van der Waals surface area contributed by atoms with Gasteiger partial charge in [-0.25, -0.2) is 18.4 Å². The summed E-state index contributed by atoms with van der Waals surface area (Å²) in [6.45, 7) is 16.6. The zero-order valence-electron chi connectivity index (χ0n) is 26.6. The number of benzene rings is 2. The highest BCUT2D eigenvalue weighted by Gasteiger charge is 2.26. The molecule has 13 heteroatoms. The van der Waals surface area contributed by atoms with Crippen LogP contribution in [-0.2, 0) is 9.47 Å². The predicted octanol–water partition coefficient (Wildman–Crippen LogP) is 6.29. The van der Waals surface area contributed by atoms with Crippen molar-refractivity contribution in [3.63, 3.8) is 0 Å². The van der Waals surface area contributed by atoms with Crippen molar-refractivity contribution in [2.45, 2.75) is 52.7 Å². The molecule has 2 aromatic rings. The van der Waals surface area contributed by atoms with Gasteiger partial charge < -0.3 is 29.5 Å². The minimum Gasteiger partial charge on any atom is -0.444 e. The van der Waals surface area contributed by atoms with Gasteiger partial charge in [0.1, 0.15) is 35.0 Å². The Hall–Kier alpha value is -3.94. The summed E-state index contributed by atoms with van der Waals surface area (Å²) in [4.78, 5) is 28.9. The van der Waals surface area contributed by atoms with E-state index >= 15 is 0 Å². The molecule has 0 atom stereocenters. The number of halogens is 3. The van der Waals surface area contributed by atoms with Gasteiger partial charge in [0.05, 0.1) is 11.1 Å². The van der Waals surface area contributed by atoms with Crippen LogP contribution in [0.25, 0.3) is 0 Å². The molecule has 0 aromatic heterocycles. The standard InChI is InChI=1S/C16H20FN3O2.C9H18N2O2.C7H3BrFN.H2/c1-16(2,3)22-15(21)20-8-6-19(7-9-20)13-5-4-12(11-18)14(17)10-13;1-9(2,3)13-8(12)11-6-4-10-5-7-11;8-6-2-1-5(4-10)7(9)3-6;/h4-5,10H,6-9H2,1-3H3;10H,4-7H2,1-3H3;1-3H;1H. The molecule has 2 aromatic carbocycles. The first-order chi connectivity index (χ1) is 21.0. The van der Waals surface area contributed by atoms with Gasteiger partial charge in [-0.15, -0.1) is 0 Å². The third kappa shape index (κ3) is 13.3. The molecule has 0 unspecified atom stereocenters. The van der Waals surface area contributed by atoms with Gasteiger partial charge in [-0.2, -0.15) is 10.5 Å². The summed E-state index contributed by atoms with van der Waals surface area (Å²) in [6.07, 6.45) is -0.521. The number of nitrogens with one attached hydrogen (secondary N) is 1. The van der Waals surface area contributed by atoms with E-state index in [1.807, 2.05) is 46.4 Å². The van der Waals surface area contributed by atoms with Crippen molar-refractivity contribution >= 4 is 33.8 Å². The predicted molar refractivity (Wildman–Crippen MR) is 173 cm³/mol. The lowest BCUT2D eigenvalue weighted by molar-refractivity contribution is 0.0223. The van der Waals surface area contributed by atoms with E-state index in [0.29, 0.717) is 30.7 Å². The van der Waals surface area contributed by atoms with Gasteiger partial charge in [-0.1, -0.05) is 15.9 Å². The molecule has 0 spiro atoms. The quantitative estimate of drug-likeness (QED) is 0.370. The number of nitriles is 2. The minimum absolute atomic E-state index is 0. The van der Waals surface area contributed by atoms with Crippen LogP contribution >= 0.6 is 15.9 Å². The van der Waals surface area contributed by atoms with Crippen molar-refractivity contribution in [1.29, 1.82) is 10.5 Å². The first kappa shape index (κ1) is 37.2. The van der Waals surface area contributed by atoms with Crippen LogP contribution in [-0.4, -0.2) is 85.5 Å². The topological polar surface area (TPSA) is 122 Å². The number of nitrogens with zero attached hydrogens (tertiary/aromatic N) is 5. The fraction of sp³-hybridized carbons (Fsp3) is 0.500. The SMILES string of the molecule is CC(C)(C)OC(=O)N1CCN(c2ccc(C#N)c(F)c2)CC1.CC(C)(C)OC(=O)N1CCNCC1.N#Cc1ccc(Br)cc1F.[HH]. The zero-order valence-corrected chi connectivity index (χ0v) is 28.2. The van der Waals surface area contributed by atoms with Crippen molar-refractivity contribution in [2.24, 2.45) is 0 Å². The molecule has 2 fully saturated rings. The van der Waals surface area contributed by atoms with Gasteiger partial charge in [-0.05, 0) is 77.9 Å². The van der Waals surface area contributed by atoms with Crippen LogP contribution in [0.15, 0.2) is 40.9 Å². The molecule has 0 radical (unpaired) electrons. The van der Waals surface area contributed by atoms with E-state index in [-0.39, 0.29) is 30.3 Å². The van der Waals surface area contributed by atoms with Crippen LogP contribution in [0.1, 0.15) is 54.1 Å². The molecule has 0 bridgehead atoms. The Morgan fingerprint density at radius 2 is 1.22 bits per heavy atom. The summed E-state index contributed by atoms with van der Waals surface area (Å²) in [7, 11) is 0. The maximum Gasteiger partial charge on any atom is 0.410 e. The average Bonchev–Trinajstić information content (AvgIpc) is 2.97. The molecule has 0 saturated carbocycles. The molecule has 2 heterocycles. The summed E-state index contributed by atoms with van der Waals surface area (Å²) in [5.41, 5.74) is -0.0634. The number of rotatable bonds is 1. The van der Waals surface area contributed by atoms with Crippen LogP contribution in [0.2, 0.25) is 0 Å². The summed E-state index contributed by atoms with van der Waals surface area (Å²) in [6, 6.07) is 12.4. The lowest BCUT2D eigenvalue weighted by Gasteiger charge is -2.36. The van der Waals surface area contributed by atoms with E-state index in [1.165, 1.54) is 24.3 Å². The Bertz CT molecular complexity index is 1390. The molecule has 10 nitrogen and oxygen atoms in total. The van der Waals surface area contributed by atoms with E-state index in [9.17, 15) is 18.4 Å². The van der Waals surface area contributed by atoms with Crippen LogP contribution in [0, 0.1) is 34.3 Å². The molecule has 2 amide bonds. The Kier molecular flexibility index (Phi) is 14.0. The Balaban J connectivity index is 0.000000375. The lowest BCUT2D eigenvalue weighted by atomic mass is 10.2. The van der Waals surface area contributed by atoms with Crippen LogP contribution in [0.5, 0.6) is 0 Å². The molecular weight excluding hydrogens is 650 g/mol. The van der Waals surface area contributed by atoms with E-state index < -0.39 is 17.2 Å². The number of amides is 2. The van der Waals surface area contributed by atoms with Crippen molar-refractivity contribution in [3.05, 3.63) is 63.6 Å². The van der Waals surface area contributed by atoms with E-state index in [4.69, 9.17) is 20.0 Å². The summed E-state index contributed by atoms with van der Waals surface area (Å²) >= 11 is 3.08. The number of hydrogen-bond donors (Lipinski definition) is 1. The molecular formula is C32H43BrF2N6O4. The van der Waals surface area contributed by atoms with Crippen molar-refractivity contribution in [1.82, 2.24) is 15.1 Å². The largest absolute Gasteiger partial charge is 0.444 e. The van der Waals surface area contributed by atoms with Gasteiger partial charge >= 0.3 is 12.2 Å². The number of hydrogen-bond acceptors (Lipinski definition) is 8. The lowest BCUT2D eigenvalue weighted by Crippen LogP contribution is -2.50. The Morgan fingerprint density at radius 1 is 0.778 bits per heavy atom. The molecule has 45 heavy (non-hydrogen) atoms. The second-order valence-corrected chi connectivity index (χ2v) is 13.1. The van der Waals surface area contributed by atoms with Crippen LogP contribution in [0.4, 0.5) is 24.1 Å². The van der Waals surface area contributed by atoms with Crippen LogP contribution < -0.4 is 10.2 Å². The molecule has 246 valence electrons. The normalized spacial score (nSPS) is 14.9. The van der Waals surface area contributed by atoms with Crippen LogP contribution in [0.3, 0.4) is 0 Å². The smallest absolute Gasteiger partial charge is 0.410 e. The van der Waals surface area contributed by atoms with E-state index in [0.717, 1.165) is 31.9 Å². The first-order valence-electron chi connectivity index (χ1n) is 14.5. The first-order valence-corrected chi connectivity index (χ1v) is 15.3. The molecule has 2 aliphatic rings. The molecule has 4 rings (SSSR count). The van der Waals surface area contributed by atoms with Gasteiger partial charge in [0, 0.05) is 63.9 Å². The monoisotopic (exact) mass is 692 g/mol. The van der Waals surface area contributed by atoms with Gasteiger partial charge in [0.25, 0.3) is 0 Å². The number of carbonyl (C=O) groups is 2. The van der Waals surface area contributed by atoms with E-state index in [1.54, 1.807) is 34.1 Å². The Labute approximate surface area is 274 Å². The molecule has 2 saturated heterocycles. The van der Waals surface area contributed by atoms with Gasteiger partial charge in [-0.3, -0.25) is 0 Å². The van der Waals surface area contributed by atoms with Gasteiger partial charge in [0.2, 0.25) is 0 Å². The molecule has 1 N–H and O–H groups in total. The van der Waals surface area contributed by atoms with Gasteiger partial charge in [0.15, 0.2) is 0 Å². The molecule has 0 aliphatic carbocycles. The summed E-state index contributed by atoms with van der Waals surface area (Å²) in [5.74, 6) is -1.01. The zero-order chi connectivity index (χ0) is 33.8. The third-order valence-electron chi connectivity index (χ3n) is 6.19. The highest BCUT2D eigenvalue weighted by Crippen LogP contribution is 2.21. The number of ether oxygens (including phenoxy) is 2. The fourth-order valence-electron chi connectivity index (χ4n) is 4.02. The van der Waals surface area contributed by atoms with E-state index in [2.05, 4.69) is 21.2 Å².